The Morgan fingerprint density at radius 1 is 1.80 bits per heavy atom. The van der Waals surface area contributed by atoms with Crippen molar-refractivity contribution >= 4 is 20.7 Å². The van der Waals surface area contributed by atoms with Crippen molar-refractivity contribution in [1.29, 1.82) is 0 Å². The summed E-state index contributed by atoms with van der Waals surface area (Å²) >= 11 is 0. The molecule has 0 aromatic carbocycles. The topological polar surface area (TPSA) is 9.23 Å². The minimum atomic E-state index is 0.809. The summed E-state index contributed by atoms with van der Waals surface area (Å²) in [5, 5.41) is 0.955. The van der Waals surface area contributed by atoms with Gasteiger partial charge in [-0.1, -0.05) is 6.58 Å². The first-order chi connectivity index (χ1) is 2.27. The Hall–Kier alpha value is -0.0262. The number of hydrogen-bond acceptors (Lipinski definition) is 1. The molecule has 0 unspecified atom stereocenters. The van der Waals surface area contributed by atoms with E-state index in [0.717, 1.165) is 26.1 Å². The summed E-state index contributed by atoms with van der Waals surface area (Å²) in [5.74, 6) is 0. The normalized spacial score (nSPS) is 8.00. The molecule has 0 atom stereocenters. The Bertz CT molecular complexity index is 42.9. The van der Waals surface area contributed by atoms with Crippen LogP contribution in [0.1, 0.15) is 0 Å². The smallest absolute Gasteiger partial charge is 0.203 e. The maximum atomic E-state index is 4.76. The third-order valence-electron chi connectivity index (χ3n) is 0.348. The molecule has 30 valence electrons. The third-order valence-corrected chi connectivity index (χ3v) is 2.27. The van der Waals surface area contributed by atoms with Crippen LogP contribution in [0.2, 0.25) is 0 Å². The standard InChI is InChI=1S/C2H8OSi2/c1-2(4)3-5/h1H2,4-5H3. The van der Waals surface area contributed by atoms with E-state index in [1.54, 1.807) is 0 Å². The summed E-state index contributed by atoms with van der Waals surface area (Å²) in [6.07, 6.45) is 0. The van der Waals surface area contributed by atoms with Gasteiger partial charge in [-0.2, -0.15) is 0 Å². The highest BCUT2D eigenvalue weighted by molar-refractivity contribution is 6.21. The van der Waals surface area contributed by atoms with Gasteiger partial charge in [0.15, 0.2) is 0 Å². The lowest BCUT2D eigenvalue weighted by Crippen LogP contribution is -1.79. The van der Waals surface area contributed by atoms with Crippen LogP contribution in [0.3, 0.4) is 0 Å². The van der Waals surface area contributed by atoms with Gasteiger partial charge in [-0.25, -0.2) is 0 Å². The van der Waals surface area contributed by atoms with E-state index >= 15 is 0 Å². The maximum Gasteiger partial charge on any atom is 0.203 e. The minimum Gasteiger partial charge on any atom is -0.561 e. The molecule has 0 saturated carbocycles. The zero-order chi connectivity index (χ0) is 4.28. The molecule has 0 aromatic heterocycles. The second kappa shape index (κ2) is 2.23. The maximum absolute atomic E-state index is 4.76. The van der Waals surface area contributed by atoms with Gasteiger partial charge >= 0.3 is 0 Å². The van der Waals surface area contributed by atoms with Crippen LogP contribution in [-0.2, 0) is 4.43 Å². The molecular formula is C2H8OSi2. The predicted octanol–water partition coefficient (Wildman–Crippen LogP) is -1.88. The van der Waals surface area contributed by atoms with E-state index in [1.165, 1.54) is 0 Å². The van der Waals surface area contributed by atoms with Gasteiger partial charge in [0.1, 0.15) is 0 Å². The molecule has 0 fully saturated rings. The van der Waals surface area contributed by atoms with Gasteiger partial charge in [-0.15, -0.1) is 0 Å². The molecule has 0 aliphatic carbocycles. The zero-order valence-electron chi connectivity index (χ0n) is 3.62. The van der Waals surface area contributed by atoms with E-state index in [1.807, 2.05) is 0 Å². The van der Waals surface area contributed by atoms with E-state index in [0.29, 0.717) is 0 Å². The Labute approximate surface area is 38.0 Å². The largest absolute Gasteiger partial charge is 0.561 e. The van der Waals surface area contributed by atoms with Crippen molar-refractivity contribution < 1.29 is 4.43 Å². The fourth-order valence-electron chi connectivity index (χ4n) is 0. The quantitative estimate of drug-likeness (QED) is 0.279. The number of hydrogen-bond donors (Lipinski definition) is 0. The van der Waals surface area contributed by atoms with E-state index < -0.39 is 0 Å². The van der Waals surface area contributed by atoms with Gasteiger partial charge < -0.3 is 4.43 Å². The summed E-state index contributed by atoms with van der Waals surface area (Å²) in [6.45, 7) is 3.55. The predicted molar refractivity (Wildman–Crippen MR) is 30.1 cm³/mol. The van der Waals surface area contributed by atoms with Crippen molar-refractivity contribution in [2.24, 2.45) is 0 Å². The van der Waals surface area contributed by atoms with E-state index in [2.05, 4.69) is 6.58 Å². The second-order valence-electron chi connectivity index (χ2n) is 0.906. The Morgan fingerprint density at radius 3 is 2.00 bits per heavy atom. The zero-order valence-corrected chi connectivity index (χ0v) is 7.62. The molecule has 5 heavy (non-hydrogen) atoms. The highest BCUT2D eigenvalue weighted by Gasteiger charge is 1.64. The summed E-state index contributed by atoms with van der Waals surface area (Å²) in [4.78, 5) is 0. The first kappa shape index (κ1) is 4.97. The summed E-state index contributed by atoms with van der Waals surface area (Å²) < 4.78 is 4.76. The van der Waals surface area contributed by atoms with Crippen LogP contribution in [0.25, 0.3) is 0 Å². The van der Waals surface area contributed by atoms with Crippen LogP contribution in [0.5, 0.6) is 0 Å². The second-order valence-corrected chi connectivity index (χ2v) is 2.43. The molecule has 0 bridgehead atoms. The summed E-state index contributed by atoms with van der Waals surface area (Å²) in [7, 11) is 1.80. The van der Waals surface area contributed by atoms with Gasteiger partial charge in [-0.3, -0.25) is 0 Å². The average Bonchev–Trinajstić information content (AvgIpc) is 1.38. The van der Waals surface area contributed by atoms with Gasteiger partial charge in [0.25, 0.3) is 0 Å². The van der Waals surface area contributed by atoms with Gasteiger partial charge in [0.05, 0.1) is 10.2 Å². The lowest BCUT2D eigenvalue weighted by atomic mass is 11.2. The Morgan fingerprint density at radius 2 is 2.00 bits per heavy atom. The minimum absolute atomic E-state index is 0.809. The first-order valence-electron chi connectivity index (χ1n) is 1.47. The lowest BCUT2D eigenvalue weighted by molar-refractivity contribution is 0.516. The molecule has 0 aromatic rings. The Kier molecular flexibility index (Phi) is 2.21. The van der Waals surface area contributed by atoms with Crippen LogP contribution in [0.15, 0.2) is 12.0 Å². The van der Waals surface area contributed by atoms with E-state index in [9.17, 15) is 0 Å². The van der Waals surface area contributed by atoms with E-state index in [-0.39, 0.29) is 0 Å². The fraction of sp³-hybridized carbons (Fsp3) is 0. The molecule has 0 aliphatic heterocycles. The first-order valence-corrected chi connectivity index (χ1v) is 3.28. The van der Waals surface area contributed by atoms with Crippen LogP contribution in [-0.4, -0.2) is 20.7 Å². The molecule has 0 spiro atoms. The van der Waals surface area contributed by atoms with Gasteiger partial charge in [0.2, 0.25) is 10.5 Å². The Balaban J connectivity index is 2.85. The van der Waals surface area contributed by atoms with Crippen molar-refractivity contribution in [3.63, 3.8) is 0 Å². The fourth-order valence-corrected chi connectivity index (χ4v) is 0. The highest BCUT2D eigenvalue weighted by Crippen LogP contribution is 1.72. The number of rotatable bonds is 1. The third kappa shape index (κ3) is 3.97. The van der Waals surface area contributed by atoms with Crippen molar-refractivity contribution in [1.82, 2.24) is 0 Å². The molecular weight excluding hydrogens is 96.2 g/mol. The van der Waals surface area contributed by atoms with Crippen molar-refractivity contribution in [2.45, 2.75) is 0 Å². The molecule has 0 aliphatic rings. The van der Waals surface area contributed by atoms with Crippen molar-refractivity contribution in [3.05, 3.63) is 12.0 Å². The lowest BCUT2D eigenvalue weighted by Gasteiger charge is -1.90. The molecule has 0 amide bonds. The van der Waals surface area contributed by atoms with Crippen molar-refractivity contribution in [2.75, 3.05) is 0 Å². The molecule has 0 rings (SSSR count). The molecule has 0 N–H and O–H groups in total. The summed E-state index contributed by atoms with van der Waals surface area (Å²) in [6, 6.07) is 0. The average molecular weight is 104 g/mol. The molecule has 1 nitrogen and oxygen atoms in total. The molecule has 3 heteroatoms. The van der Waals surface area contributed by atoms with Crippen LogP contribution in [0, 0.1) is 0 Å². The monoisotopic (exact) mass is 104 g/mol. The SMILES string of the molecule is C=C([SiH3])O[SiH3]. The van der Waals surface area contributed by atoms with Crippen LogP contribution < -0.4 is 0 Å². The molecule has 0 radical (unpaired) electrons. The summed E-state index contributed by atoms with van der Waals surface area (Å²) in [5.41, 5.74) is 0. The van der Waals surface area contributed by atoms with Gasteiger partial charge in [0, 0.05) is 5.38 Å². The molecule has 0 heterocycles. The van der Waals surface area contributed by atoms with Gasteiger partial charge in [-0.05, 0) is 0 Å². The molecule has 0 saturated heterocycles. The van der Waals surface area contributed by atoms with E-state index in [4.69, 9.17) is 4.43 Å². The highest BCUT2D eigenvalue weighted by atomic mass is 28.2. The van der Waals surface area contributed by atoms with Crippen LogP contribution >= 0.6 is 0 Å². The van der Waals surface area contributed by atoms with Crippen LogP contribution in [0.4, 0.5) is 0 Å². The van der Waals surface area contributed by atoms with Crippen molar-refractivity contribution in [3.8, 4) is 0 Å².